The molecule has 3 N–H and O–H groups in total. The Labute approximate surface area is 173 Å². The van der Waals surface area contributed by atoms with Crippen molar-refractivity contribution >= 4 is 34.8 Å². The maximum absolute atomic E-state index is 10.9. The van der Waals surface area contributed by atoms with Gasteiger partial charge in [-0.25, -0.2) is 0 Å². The van der Waals surface area contributed by atoms with Crippen LogP contribution in [0.4, 0.5) is 17.1 Å². The van der Waals surface area contributed by atoms with Crippen molar-refractivity contribution in [1.82, 2.24) is 0 Å². The van der Waals surface area contributed by atoms with Gasteiger partial charge in [0.1, 0.15) is 0 Å². The molecule has 0 aliphatic rings. The fourth-order valence-corrected chi connectivity index (χ4v) is 3.98. The molecule has 0 saturated carbocycles. The Morgan fingerprint density at radius 1 is 1.07 bits per heavy atom. The second kappa shape index (κ2) is 12.3. The smallest absolute Gasteiger partial charge is 0.304 e. The van der Waals surface area contributed by atoms with Crippen LogP contribution in [0.15, 0.2) is 53.4 Å². The number of para-hydroxylation sites is 1. The molecule has 0 fully saturated rings. The summed E-state index contributed by atoms with van der Waals surface area (Å²) in [7, 11) is 0. The lowest BCUT2D eigenvalue weighted by atomic mass is 10.1. The van der Waals surface area contributed by atoms with Crippen LogP contribution in [-0.4, -0.2) is 22.9 Å². The summed E-state index contributed by atoms with van der Waals surface area (Å²) in [6.07, 6.45) is 6.36. The average Bonchev–Trinajstić information content (AvgIpc) is 2.68. The number of nitrogens with one attached hydrogen (secondary N) is 2. The van der Waals surface area contributed by atoms with Gasteiger partial charge in [0.2, 0.25) is 0 Å². The predicted octanol–water partition coefficient (Wildman–Crippen LogP) is 6.77. The van der Waals surface area contributed by atoms with Gasteiger partial charge in [-0.3, -0.25) is 4.79 Å². The van der Waals surface area contributed by atoms with Gasteiger partial charge >= 0.3 is 5.97 Å². The Bertz CT molecular complexity index is 722. The molecule has 0 spiro atoms. The molecule has 2 aromatic rings. The van der Waals surface area contributed by atoms with Gasteiger partial charge in [-0.1, -0.05) is 50.8 Å². The molecule has 0 heterocycles. The van der Waals surface area contributed by atoms with Crippen molar-refractivity contribution in [3.05, 3.63) is 48.5 Å². The van der Waals surface area contributed by atoms with Gasteiger partial charge in [-0.05, 0) is 43.7 Å². The van der Waals surface area contributed by atoms with E-state index in [2.05, 4.69) is 42.7 Å². The molecule has 0 aliphatic heterocycles. The van der Waals surface area contributed by atoms with E-state index in [0.717, 1.165) is 28.4 Å². The Kier molecular flexibility index (Phi) is 9.77. The molecule has 4 nitrogen and oxygen atoms in total. The Morgan fingerprint density at radius 3 is 2.57 bits per heavy atom. The minimum Gasteiger partial charge on any atom is -0.481 e. The van der Waals surface area contributed by atoms with Crippen LogP contribution in [0.5, 0.6) is 0 Å². The number of anilines is 3. The number of carbonyl (C=O) groups is 1. The van der Waals surface area contributed by atoms with Crippen LogP contribution >= 0.6 is 11.8 Å². The number of benzene rings is 2. The highest BCUT2D eigenvalue weighted by Crippen LogP contribution is 2.32. The van der Waals surface area contributed by atoms with Gasteiger partial charge in [0.05, 0.1) is 6.42 Å². The van der Waals surface area contributed by atoms with Gasteiger partial charge in [0.25, 0.3) is 0 Å². The van der Waals surface area contributed by atoms with Crippen LogP contribution in [-0.2, 0) is 4.79 Å². The molecule has 2 aromatic carbocycles. The lowest BCUT2D eigenvalue weighted by Gasteiger charge is -2.19. The second-order valence-corrected chi connectivity index (χ2v) is 8.23. The maximum atomic E-state index is 10.9. The highest BCUT2D eigenvalue weighted by Gasteiger charge is 2.10. The van der Waals surface area contributed by atoms with Crippen molar-refractivity contribution in [3.63, 3.8) is 0 Å². The summed E-state index contributed by atoms with van der Waals surface area (Å²) in [5.41, 5.74) is 3.12. The molecule has 28 heavy (non-hydrogen) atoms. The summed E-state index contributed by atoms with van der Waals surface area (Å²) in [4.78, 5) is 12.0. The van der Waals surface area contributed by atoms with Crippen LogP contribution in [0.1, 0.15) is 52.4 Å². The fourth-order valence-electron chi connectivity index (χ4n) is 2.99. The van der Waals surface area contributed by atoms with E-state index >= 15 is 0 Å². The van der Waals surface area contributed by atoms with E-state index in [1.54, 1.807) is 11.8 Å². The van der Waals surface area contributed by atoms with E-state index in [-0.39, 0.29) is 6.42 Å². The first kappa shape index (κ1) is 22.2. The van der Waals surface area contributed by atoms with E-state index in [4.69, 9.17) is 5.11 Å². The number of carboxylic acid groups (broad SMARTS) is 1. The van der Waals surface area contributed by atoms with E-state index < -0.39 is 5.97 Å². The molecule has 0 aromatic heterocycles. The summed E-state index contributed by atoms with van der Waals surface area (Å²) in [6, 6.07) is 16.7. The monoisotopic (exact) mass is 400 g/mol. The Balaban J connectivity index is 2.05. The van der Waals surface area contributed by atoms with Crippen molar-refractivity contribution < 1.29 is 9.90 Å². The lowest BCUT2D eigenvalue weighted by molar-refractivity contribution is -0.136. The third kappa shape index (κ3) is 8.26. The molecule has 1 atom stereocenters. The highest BCUT2D eigenvalue weighted by molar-refractivity contribution is 7.99. The van der Waals surface area contributed by atoms with Gasteiger partial charge in [-0.15, -0.1) is 11.8 Å². The number of carboxylic acids is 1. The second-order valence-electron chi connectivity index (χ2n) is 7.09. The zero-order chi connectivity index (χ0) is 20.2. The molecule has 0 amide bonds. The van der Waals surface area contributed by atoms with E-state index in [1.165, 1.54) is 25.7 Å². The largest absolute Gasteiger partial charge is 0.481 e. The summed E-state index contributed by atoms with van der Waals surface area (Å²) in [5, 5.41) is 16.0. The zero-order valence-corrected chi connectivity index (χ0v) is 17.7. The fraction of sp³-hybridized carbons (Fsp3) is 0.435. The molecule has 1 unspecified atom stereocenters. The number of thioether (sulfide) groups is 1. The van der Waals surface area contributed by atoms with Crippen LogP contribution < -0.4 is 10.6 Å². The lowest BCUT2D eigenvalue weighted by Crippen LogP contribution is -2.15. The Morgan fingerprint density at radius 2 is 1.86 bits per heavy atom. The predicted molar refractivity (Wildman–Crippen MR) is 121 cm³/mol. The quantitative estimate of drug-likeness (QED) is 0.256. The number of aliphatic carboxylic acids is 1. The van der Waals surface area contributed by atoms with Crippen molar-refractivity contribution in [1.29, 1.82) is 0 Å². The summed E-state index contributed by atoms with van der Waals surface area (Å²) in [6.45, 7) is 4.45. The molecule has 0 saturated heterocycles. The number of unbranched alkanes of at least 4 members (excludes halogenated alkanes) is 3. The van der Waals surface area contributed by atoms with Gasteiger partial charge < -0.3 is 15.7 Å². The molecule has 0 bridgehead atoms. The van der Waals surface area contributed by atoms with E-state index in [9.17, 15) is 4.79 Å². The van der Waals surface area contributed by atoms with Gasteiger partial charge in [0, 0.05) is 33.8 Å². The zero-order valence-electron chi connectivity index (χ0n) is 16.9. The first-order chi connectivity index (χ1) is 13.6. The number of rotatable bonds is 13. The molecule has 5 heteroatoms. The van der Waals surface area contributed by atoms with Crippen molar-refractivity contribution in [3.8, 4) is 0 Å². The summed E-state index contributed by atoms with van der Waals surface area (Å²) < 4.78 is 0. The van der Waals surface area contributed by atoms with Crippen LogP contribution in [0, 0.1) is 0 Å². The van der Waals surface area contributed by atoms with Gasteiger partial charge in [-0.2, -0.15) is 0 Å². The molecule has 2 rings (SSSR count). The first-order valence-corrected chi connectivity index (χ1v) is 11.1. The van der Waals surface area contributed by atoms with E-state index in [1.807, 2.05) is 30.3 Å². The summed E-state index contributed by atoms with van der Waals surface area (Å²) >= 11 is 1.59. The minimum atomic E-state index is -0.759. The van der Waals surface area contributed by atoms with Gasteiger partial charge in [0.15, 0.2) is 0 Å². The SMILES string of the molecule is CCCCCCC(C)Nc1ccc(Nc2ccccc2)cc1SCCC(=O)O. The van der Waals surface area contributed by atoms with Crippen LogP contribution in [0.2, 0.25) is 0 Å². The number of hydrogen-bond donors (Lipinski definition) is 3. The average molecular weight is 401 g/mol. The third-order valence-electron chi connectivity index (χ3n) is 4.51. The molecule has 0 aliphatic carbocycles. The summed E-state index contributed by atoms with van der Waals surface area (Å²) in [5.74, 6) is -0.200. The van der Waals surface area contributed by atoms with Crippen LogP contribution in [0.25, 0.3) is 0 Å². The first-order valence-electron chi connectivity index (χ1n) is 10.2. The number of hydrogen-bond acceptors (Lipinski definition) is 4. The molecular weight excluding hydrogens is 368 g/mol. The van der Waals surface area contributed by atoms with Crippen molar-refractivity contribution in [2.24, 2.45) is 0 Å². The minimum absolute atomic E-state index is 0.160. The van der Waals surface area contributed by atoms with Crippen molar-refractivity contribution in [2.75, 3.05) is 16.4 Å². The third-order valence-corrected chi connectivity index (χ3v) is 5.57. The van der Waals surface area contributed by atoms with E-state index in [0.29, 0.717) is 11.8 Å². The topological polar surface area (TPSA) is 61.4 Å². The molecule has 0 radical (unpaired) electrons. The maximum Gasteiger partial charge on any atom is 0.304 e. The molecular formula is C23H32N2O2S. The normalized spacial score (nSPS) is 11.8. The van der Waals surface area contributed by atoms with Crippen LogP contribution in [0.3, 0.4) is 0 Å². The molecule has 152 valence electrons. The highest BCUT2D eigenvalue weighted by atomic mass is 32.2. The standard InChI is InChI=1S/C23H32N2O2S/c1-3-4-5-7-10-18(2)24-21-14-13-20(25-19-11-8-6-9-12-19)17-22(21)28-16-15-23(26)27/h6,8-9,11-14,17-18,24-25H,3-5,7,10,15-16H2,1-2H3,(H,26,27). The Hall–Kier alpha value is -2.14. The van der Waals surface area contributed by atoms with Crippen molar-refractivity contribution in [2.45, 2.75) is 63.3 Å².